The van der Waals surface area contributed by atoms with Crippen LogP contribution in [0.2, 0.25) is 0 Å². The number of hydrogen-bond donors (Lipinski definition) is 2. The van der Waals surface area contributed by atoms with Gasteiger partial charge in [-0.25, -0.2) is 8.96 Å². The quantitative estimate of drug-likeness (QED) is 0.228. The molecule has 0 aliphatic carbocycles. The van der Waals surface area contributed by atoms with Gasteiger partial charge < -0.3 is 25.6 Å². The summed E-state index contributed by atoms with van der Waals surface area (Å²) in [6, 6.07) is 2.55. The molecule has 0 bridgehead atoms. The Bertz CT molecular complexity index is 2070. The number of alkyl halides is 3. The van der Waals surface area contributed by atoms with Crippen LogP contribution in [0.3, 0.4) is 0 Å². The number of nitrogens with zero attached hydrogens (tertiary/aromatic N) is 9. The van der Waals surface area contributed by atoms with Gasteiger partial charge >= 0.3 is 17.3 Å². The van der Waals surface area contributed by atoms with E-state index < -0.39 is 22.9 Å². The van der Waals surface area contributed by atoms with E-state index in [1.54, 1.807) is 26.0 Å². The number of amides is 1. The number of ether oxygens (including phenoxy) is 1. The maximum absolute atomic E-state index is 15.9. The average molecular weight is 777 g/mol. The van der Waals surface area contributed by atoms with E-state index in [0.29, 0.717) is 94.8 Å². The first-order valence-corrected chi connectivity index (χ1v) is 19.1. The zero-order valence-electron chi connectivity index (χ0n) is 30.5. The van der Waals surface area contributed by atoms with Crippen molar-refractivity contribution < 1.29 is 34.5 Å². The molecule has 13 nitrogen and oxygen atoms in total. The van der Waals surface area contributed by atoms with Crippen LogP contribution < -0.4 is 20.9 Å². The average Bonchev–Trinajstić information content (AvgIpc) is 3.62. The smallest absolute Gasteiger partial charge is 0.384 e. The minimum absolute atomic E-state index is 0.143. The molecule has 2 fully saturated rings. The predicted molar refractivity (Wildman–Crippen MR) is 197 cm³/mol. The van der Waals surface area contributed by atoms with Crippen LogP contribution in [0.15, 0.2) is 35.7 Å². The molecule has 4 aliphatic heterocycles. The van der Waals surface area contributed by atoms with Gasteiger partial charge in [0, 0.05) is 89.2 Å². The number of morpholine rings is 1. The Labute approximate surface area is 311 Å². The summed E-state index contributed by atoms with van der Waals surface area (Å²) in [7, 11) is 0. The van der Waals surface area contributed by atoms with Crippen LogP contribution in [0.5, 0.6) is 0 Å². The lowest BCUT2D eigenvalue weighted by atomic mass is 9.98. The number of fused-ring (bicyclic) bond motifs is 2. The second kappa shape index (κ2) is 14.6. The molecular formula is C35H43F5N11O2S+. The van der Waals surface area contributed by atoms with E-state index in [-0.39, 0.29) is 41.4 Å². The number of halogens is 5. The number of nitrogens with one attached hydrogen (secondary N) is 1. The monoisotopic (exact) mass is 776 g/mol. The van der Waals surface area contributed by atoms with Gasteiger partial charge in [-0.2, -0.15) is 28.1 Å². The second-order valence-electron chi connectivity index (χ2n) is 13.8. The third-order valence-corrected chi connectivity index (χ3v) is 11.9. The number of carbonyl (C=O) groups excluding carboxylic acids is 1. The van der Waals surface area contributed by atoms with Crippen molar-refractivity contribution in [1.29, 1.82) is 0 Å². The molecule has 19 heteroatoms. The standard InChI is InChI=1S/C35H42F5N11O2S/c1-21-17-23(3)50-30(21)25(31-22(2)18-24(4)51(31)54(50,39)40)5-6-29(52)42-7-8-47-9-11-48(12-10-47)33-44-32(45-34(46-33)49-13-15-53-16-14-49)26-20-43-28(41)19-27(26)35(36,37)38/h17-20H,5-16H2,1-4H3,(H2-,41,42,43,44,45,46,52)/p+1. The lowest BCUT2D eigenvalue weighted by Crippen LogP contribution is -2.49. The van der Waals surface area contributed by atoms with Gasteiger partial charge in [-0.05, 0) is 44.9 Å². The number of piperazine rings is 1. The van der Waals surface area contributed by atoms with Crippen molar-refractivity contribution in [2.45, 2.75) is 46.7 Å². The Hall–Kier alpha value is -4.62. The highest BCUT2D eigenvalue weighted by molar-refractivity contribution is 8.18. The molecule has 3 aromatic heterocycles. The van der Waals surface area contributed by atoms with Crippen molar-refractivity contribution in [2.75, 3.05) is 81.1 Å². The fourth-order valence-corrected chi connectivity index (χ4v) is 9.44. The van der Waals surface area contributed by atoms with Gasteiger partial charge in [0.15, 0.2) is 11.5 Å². The Balaban J connectivity index is 0.990. The Kier molecular flexibility index (Phi) is 10.2. The maximum Gasteiger partial charge on any atom is 0.417 e. The highest BCUT2D eigenvalue weighted by Gasteiger charge is 2.53. The van der Waals surface area contributed by atoms with Gasteiger partial charge in [0.05, 0.1) is 35.6 Å². The van der Waals surface area contributed by atoms with Crippen LogP contribution in [-0.2, 0) is 15.7 Å². The van der Waals surface area contributed by atoms with E-state index in [1.165, 1.54) is 0 Å². The Morgan fingerprint density at radius 2 is 1.65 bits per heavy atom. The summed E-state index contributed by atoms with van der Waals surface area (Å²) in [4.78, 5) is 36.5. The molecule has 0 aromatic carbocycles. The summed E-state index contributed by atoms with van der Waals surface area (Å²) in [5, 5.41) is 2.99. The van der Waals surface area contributed by atoms with Gasteiger partial charge in [-0.15, -0.1) is 0 Å². The summed E-state index contributed by atoms with van der Waals surface area (Å²) >= 11 is -4.33. The van der Waals surface area contributed by atoms with Crippen LogP contribution in [0.25, 0.3) is 17.0 Å². The van der Waals surface area contributed by atoms with Crippen LogP contribution in [0.1, 0.15) is 49.2 Å². The van der Waals surface area contributed by atoms with Crippen molar-refractivity contribution in [3.8, 4) is 11.4 Å². The molecule has 0 saturated carbocycles. The summed E-state index contributed by atoms with van der Waals surface area (Å²) in [5.41, 5.74) is 8.59. The number of aromatic nitrogens is 5. The van der Waals surface area contributed by atoms with Gasteiger partial charge in [-0.3, -0.25) is 9.69 Å². The minimum Gasteiger partial charge on any atom is -0.384 e. The summed E-state index contributed by atoms with van der Waals surface area (Å²) in [6.45, 7) is 12.0. The number of anilines is 3. The van der Waals surface area contributed by atoms with Crippen molar-refractivity contribution >= 4 is 46.1 Å². The first kappa shape index (κ1) is 37.7. The molecule has 7 heterocycles. The highest BCUT2D eigenvalue weighted by atomic mass is 32.3. The van der Waals surface area contributed by atoms with Gasteiger partial charge in [0.25, 0.3) is 0 Å². The van der Waals surface area contributed by atoms with Crippen molar-refractivity contribution in [3.05, 3.63) is 58.2 Å². The van der Waals surface area contributed by atoms with Crippen LogP contribution in [0.4, 0.5) is 38.7 Å². The van der Waals surface area contributed by atoms with Crippen molar-refractivity contribution in [1.82, 2.24) is 34.1 Å². The molecule has 0 spiro atoms. The van der Waals surface area contributed by atoms with Crippen LogP contribution in [0, 0.1) is 13.8 Å². The van der Waals surface area contributed by atoms with Crippen LogP contribution >= 0.6 is 11.2 Å². The predicted octanol–water partition coefficient (Wildman–Crippen LogP) is 4.92. The van der Waals surface area contributed by atoms with E-state index in [1.807, 2.05) is 23.6 Å². The van der Waals surface area contributed by atoms with Gasteiger partial charge in [0.1, 0.15) is 5.82 Å². The van der Waals surface area contributed by atoms with E-state index >= 15 is 7.77 Å². The zero-order chi connectivity index (χ0) is 38.5. The molecule has 0 atom stereocenters. The lowest BCUT2D eigenvalue weighted by molar-refractivity contribution is -0.304. The minimum atomic E-state index is -4.71. The molecule has 1 amide bonds. The normalized spacial score (nSPS) is 19.5. The SMILES string of the molecule is CC1=CC(C)=[N+]2C1=C(CCC(=O)NCCN1CCN(c3nc(-c4cnc(N)cc4C(F)(F)F)nc(N4CCOCC4)n3)CC1)c1c(C)cc(C)n1S2(F)F. The number of aryl methyl sites for hydroxylation is 2. The second-order valence-corrected chi connectivity index (χ2v) is 15.4. The van der Waals surface area contributed by atoms with E-state index in [2.05, 4.69) is 30.2 Å². The molecule has 4 aliphatic rings. The van der Waals surface area contributed by atoms with Crippen molar-refractivity contribution in [2.24, 2.45) is 0 Å². The number of hydrogen-bond acceptors (Lipinski definition) is 10. The fraction of sp³-hybridized carbons (Fsp3) is 0.486. The number of pyridine rings is 1. The van der Waals surface area contributed by atoms with Gasteiger partial charge in [0.2, 0.25) is 23.5 Å². The third kappa shape index (κ3) is 7.15. The lowest BCUT2D eigenvalue weighted by Gasteiger charge is -2.35. The Morgan fingerprint density at radius 1 is 0.981 bits per heavy atom. The molecule has 290 valence electrons. The first-order valence-electron chi connectivity index (χ1n) is 17.8. The number of carbonyl (C=O) groups is 1. The summed E-state index contributed by atoms with van der Waals surface area (Å²) in [6.07, 6.45) is -1.44. The molecule has 54 heavy (non-hydrogen) atoms. The summed E-state index contributed by atoms with van der Waals surface area (Å²) < 4.78 is 81.7. The molecule has 3 N–H and O–H groups in total. The number of nitrogen functional groups attached to an aromatic ring is 1. The number of nitrogens with two attached hydrogens (primary N) is 1. The maximum atomic E-state index is 15.9. The molecular weight excluding hydrogens is 734 g/mol. The molecule has 0 radical (unpaired) electrons. The van der Waals surface area contributed by atoms with Crippen molar-refractivity contribution in [3.63, 3.8) is 0 Å². The first-order chi connectivity index (χ1) is 25.6. The van der Waals surface area contributed by atoms with Crippen LogP contribution in [-0.4, -0.2) is 110 Å². The van der Waals surface area contributed by atoms with Gasteiger partial charge in [-0.1, -0.05) is 11.8 Å². The molecule has 7 rings (SSSR count). The number of rotatable bonds is 9. The van der Waals surface area contributed by atoms with E-state index in [0.717, 1.165) is 36.9 Å². The third-order valence-electron chi connectivity index (χ3n) is 10.0. The molecule has 0 unspecified atom stereocenters. The largest absolute Gasteiger partial charge is 0.417 e. The Morgan fingerprint density at radius 3 is 2.31 bits per heavy atom. The number of allylic oxidation sites excluding steroid dienone is 3. The zero-order valence-corrected chi connectivity index (χ0v) is 31.3. The molecule has 2 saturated heterocycles. The topological polar surface area (TPSA) is 134 Å². The van der Waals surface area contributed by atoms with E-state index in [9.17, 15) is 18.0 Å². The summed E-state index contributed by atoms with van der Waals surface area (Å²) in [5.74, 6) is -0.0722. The van der Waals surface area contributed by atoms with E-state index in [4.69, 9.17) is 10.5 Å². The molecule has 3 aromatic rings. The fourth-order valence-electron chi connectivity index (χ4n) is 7.53. The highest BCUT2D eigenvalue weighted by Crippen LogP contribution is 2.63.